The highest BCUT2D eigenvalue weighted by atomic mass is 16.5. The molecule has 0 unspecified atom stereocenters. The summed E-state index contributed by atoms with van der Waals surface area (Å²) in [5.41, 5.74) is 5.70. The lowest BCUT2D eigenvalue weighted by atomic mass is 10.1. The van der Waals surface area contributed by atoms with Crippen LogP contribution in [0.2, 0.25) is 0 Å². The van der Waals surface area contributed by atoms with Gasteiger partial charge in [0.2, 0.25) is 11.9 Å². The molecule has 0 spiro atoms. The van der Waals surface area contributed by atoms with Crippen molar-refractivity contribution in [3.63, 3.8) is 0 Å². The van der Waals surface area contributed by atoms with Crippen LogP contribution in [0, 0.1) is 5.92 Å². The molecule has 1 aliphatic rings. The lowest BCUT2D eigenvalue weighted by Crippen LogP contribution is -2.37. The minimum Gasteiger partial charge on any atom is -0.463 e. The van der Waals surface area contributed by atoms with Gasteiger partial charge >= 0.3 is 6.01 Å². The summed E-state index contributed by atoms with van der Waals surface area (Å²) < 4.78 is 10.8. The third-order valence-corrected chi connectivity index (χ3v) is 2.84. The zero-order chi connectivity index (χ0) is 13.7. The normalized spacial score (nSPS) is 15.8. The van der Waals surface area contributed by atoms with E-state index in [-0.39, 0.29) is 5.95 Å². The van der Waals surface area contributed by atoms with E-state index < -0.39 is 0 Å². The van der Waals surface area contributed by atoms with Gasteiger partial charge in [0.1, 0.15) is 0 Å². The average molecular weight is 267 g/mol. The maximum atomic E-state index is 5.70. The highest BCUT2D eigenvalue weighted by Gasteiger charge is 2.16. The first-order valence-electron chi connectivity index (χ1n) is 6.62. The standard InChI is InChI=1S/C12H21N5O2/c1-9(2)3-6-19-12-15-10(13)14-11(16-12)17-4-7-18-8-5-17/h9H,3-8H2,1-2H3,(H2,13,14,15,16). The van der Waals surface area contributed by atoms with Crippen LogP contribution in [-0.2, 0) is 4.74 Å². The Labute approximate surface area is 113 Å². The molecule has 0 amide bonds. The third kappa shape index (κ3) is 4.20. The number of aromatic nitrogens is 3. The third-order valence-electron chi connectivity index (χ3n) is 2.84. The molecule has 7 heteroatoms. The van der Waals surface area contributed by atoms with Crippen molar-refractivity contribution in [2.75, 3.05) is 43.5 Å². The largest absolute Gasteiger partial charge is 0.463 e. The Balaban J connectivity index is 2.01. The summed E-state index contributed by atoms with van der Waals surface area (Å²) in [6.07, 6.45) is 0.957. The van der Waals surface area contributed by atoms with Gasteiger partial charge in [-0.05, 0) is 12.3 Å². The summed E-state index contributed by atoms with van der Waals surface area (Å²) in [5.74, 6) is 1.34. The van der Waals surface area contributed by atoms with Crippen molar-refractivity contribution >= 4 is 11.9 Å². The number of anilines is 2. The van der Waals surface area contributed by atoms with E-state index in [2.05, 4.69) is 28.8 Å². The molecule has 0 bridgehead atoms. The molecule has 2 N–H and O–H groups in total. The van der Waals surface area contributed by atoms with E-state index in [1.807, 2.05) is 4.90 Å². The molecule has 1 fully saturated rings. The van der Waals surface area contributed by atoms with Gasteiger partial charge in [0.15, 0.2) is 0 Å². The number of nitrogens with zero attached hydrogens (tertiary/aromatic N) is 4. The Hall–Kier alpha value is -1.63. The van der Waals surface area contributed by atoms with Crippen molar-refractivity contribution in [1.82, 2.24) is 15.0 Å². The molecule has 0 saturated carbocycles. The predicted molar refractivity (Wildman–Crippen MR) is 72.2 cm³/mol. The van der Waals surface area contributed by atoms with Crippen LogP contribution in [0.15, 0.2) is 0 Å². The number of morpholine rings is 1. The molecule has 2 heterocycles. The van der Waals surface area contributed by atoms with E-state index in [0.717, 1.165) is 19.5 Å². The van der Waals surface area contributed by atoms with E-state index in [0.29, 0.717) is 37.7 Å². The fourth-order valence-corrected chi connectivity index (χ4v) is 1.72. The first kappa shape index (κ1) is 13.8. The molecule has 2 rings (SSSR count). The highest BCUT2D eigenvalue weighted by Crippen LogP contribution is 2.15. The number of nitrogens with two attached hydrogens (primary N) is 1. The van der Waals surface area contributed by atoms with Gasteiger partial charge in [0.25, 0.3) is 0 Å². The lowest BCUT2D eigenvalue weighted by molar-refractivity contribution is 0.122. The molecular weight excluding hydrogens is 246 g/mol. The molecule has 1 aromatic rings. The summed E-state index contributed by atoms with van der Waals surface area (Å²) in [7, 11) is 0. The number of ether oxygens (including phenoxy) is 2. The number of rotatable bonds is 5. The topological polar surface area (TPSA) is 86.4 Å². The van der Waals surface area contributed by atoms with E-state index in [1.165, 1.54) is 0 Å². The summed E-state index contributed by atoms with van der Waals surface area (Å²) in [6, 6.07) is 0.301. The fraction of sp³-hybridized carbons (Fsp3) is 0.750. The second-order valence-electron chi connectivity index (χ2n) is 4.91. The molecule has 0 radical (unpaired) electrons. The van der Waals surface area contributed by atoms with Crippen LogP contribution in [0.3, 0.4) is 0 Å². The van der Waals surface area contributed by atoms with Crippen LogP contribution < -0.4 is 15.4 Å². The molecule has 106 valence electrons. The van der Waals surface area contributed by atoms with Crippen molar-refractivity contribution in [3.8, 4) is 6.01 Å². The van der Waals surface area contributed by atoms with E-state index in [9.17, 15) is 0 Å². The minimum atomic E-state index is 0.191. The number of hydrogen-bond acceptors (Lipinski definition) is 7. The molecular formula is C12H21N5O2. The maximum Gasteiger partial charge on any atom is 0.323 e. The number of hydrogen-bond donors (Lipinski definition) is 1. The zero-order valence-corrected chi connectivity index (χ0v) is 11.5. The fourth-order valence-electron chi connectivity index (χ4n) is 1.72. The van der Waals surface area contributed by atoms with Gasteiger partial charge in [-0.2, -0.15) is 15.0 Å². The Morgan fingerprint density at radius 2 is 2.00 bits per heavy atom. The Kier molecular flexibility index (Phi) is 4.73. The van der Waals surface area contributed by atoms with Crippen LogP contribution >= 0.6 is 0 Å². The quantitative estimate of drug-likeness (QED) is 0.840. The van der Waals surface area contributed by atoms with Gasteiger partial charge < -0.3 is 20.1 Å². The van der Waals surface area contributed by atoms with Crippen molar-refractivity contribution in [3.05, 3.63) is 0 Å². The van der Waals surface area contributed by atoms with Gasteiger partial charge in [-0.15, -0.1) is 0 Å². The molecule has 1 aliphatic heterocycles. The summed E-state index contributed by atoms with van der Waals surface area (Å²) in [6.45, 7) is 7.74. The SMILES string of the molecule is CC(C)CCOc1nc(N)nc(N2CCOCC2)n1. The van der Waals surface area contributed by atoms with Gasteiger partial charge in [-0.1, -0.05) is 13.8 Å². The van der Waals surface area contributed by atoms with Gasteiger partial charge in [-0.3, -0.25) is 0 Å². The molecule has 0 atom stereocenters. The monoisotopic (exact) mass is 267 g/mol. The van der Waals surface area contributed by atoms with Crippen LogP contribution in [0.1, 0.15) is 20.3 Å². The summed E-state index contributed by atoms with van der Waals surface area (Å²) in [5, 5.41) is 0. The van der Waals surface area contributed by atoms with Crippen LogP contribution in [0.25, 0.3) is 0 Å². The van der Waals surface area contributed by atoms with E-state index in [4.69, 9.17) is 15.2 Å². The molecule has 1 aromatic heterocycles. The average Bonchev–Trinajstić information content (AvgIpc) is 2.39. The first-order valence-corrected chi connectivity index (χ1v) is 6.62. The smallest absolute Gasteiger partial charge is 0.323 e. The van der Waals surface area contributed by atoms with Crippen molar-refractivity contribution in [1.29, 1.82) is 0 Å². The second-order valence-corrected chi connectivity index (χ2v) is 4.91. The van der Waals surface area contributed by atoms with Crippen LogP contribution in [-0.4, -0.2) is 47.9 Å². The number of nitrogen functional groups attached to an aromatic ring is 1. The van der Waals surface area contributed by atoms with Gasteiger partial charge in [0.05, 0.1) is 19.8 Å². The minimum absolute atomic E-state index is 0.191. The predicted octanol–water partition coefficient (Wildman–Crippen LogP) is 0.715. The first-order chi connectivity index (χ1) is 9.15. The van der Waals surface area contributed by atoms with Crippen molar-refractivity contribution < 1.29 is 9.47 Å². The van der Waals surface area contributed by atoms with Gasteiger partial charge in [-0.25, -0.2) is 0 Å². The van der Waals surface area contributed by atoms with Crippen LogP contribution in [0.4, 0.5) is 11.9 Å². The Morgan fingerprint density at radius 3 is 2.68 bits per heavy atom. The molecule has 19 heavy (non-hydrogen) atoms. The van der Waals surface area contributed by atoms with Crippen molar-refractivity contribution in [2.45, 2.75) is 20.3 Å². The molecule has 0 aliphatic carbocycles. The van der Waals surface area contributed by atoms with Crippen LogP contribution in [0.5, 0.6) is 6.01 Å². The zero-order valence-electron chi connectivity index (χ0n) is 11.5. The molecule has 1 saturated heterocycles. The Morgan fingerprint density at radius 1 is 1.26 bits per heavy atom. The maximum absolute atomic E-state index is 5.70. The lowest BCUT2D eigenvalue weighted by Gasteiger charge is -2.26. The van der Waals surface area contributed by atoms with E-state index >= 15 is 0 Å². The summed E-state index contributed by atoms with van der Waals surface area (Å²) in [4.78, 5) is 14.5. The molecule has 7 nitrogen and oxygen atoms in total. The second kappa shape index (κ2) is 6.51. The van der Waals surface area contributed by atoms with Crippen molar-refractivity contribution in [2.24, 2.45) is 5.92 Å². The summed E-state index contributed by atoms with van der Waals surface area (Å²) >= 11 is 0. The molecule has 0 aromatic carbocycles. The van der Waals surface area contributed by atoms with E-state index in [1.54, 1.807) is 0 Å². The van der Waals surface area contributed by atoms with Gasteiger partial charge in [0, 0.05) is 13.1 Å². The Bertz CT molecular complexity index is 407. The highest BCUT2D eigenvalue weighted by molar-refractivity contribution is 5.36.